The molecular formula is C68H84Cl2N8O7. The number of benzene rings is 4. The minimum absolute atomic E-state index is 0.0789. The highest BCUT2D eigenvalue weighted by Crippen LogP contribution is 2.46. The summed E-state index contributed by atoms with van der Waals surface area (Å²) in [5.41, 5.74) is 9.91. The largest absolute Gasteiger partial charge is 0.484 e. The molecule has 452 valence electrons. The molecule has 85 heavy (non-hydrogen) atoms. The Morgan fingerprint density at radius 3 is 1.53 bits per heavy atom. The summed E-state index contributed by atoms with van der Waals surface area (Å²) in [6.45, 7) is 16.3. The van der Waals surface area contributed by atoms with Crippen molar-refractivity contribution in [1.82, 2.24) is 30.2 Å². The van der Waals surface area contributed by atoms with Crippen LogP contribution >= 0.6 is 23.2 Å². The molecule has 0 unspecified atom stereocenters. The van der Waals surface area contributed by atoms with Crippen molar-refractivity contribution in [3.8, 4) is 17.6 Å². The average molecular weight is 1200 g/mol. The first kappa shape index (κ1) is 61.9. The lowest BCUT2D eigenvalue weighted by Crippen LogP contribution is -2.43. The number of nitrogens with zero attached hydrogens (tertiary/aromatic N) is 6. The highest BCUT2D eigenvalue weighted by atomic mass is 35.5. The molecule has 4 atom stereocenters. The zero-order valence-corrected chi connectivity index (χ0v) is 50.9. The van der Waals surface area contributed by atoms with Crippen LogP contribution in [0.4, 0.5) is 15.3 Å². The van der Waals surface area contributed by atoms with Crippen molar-refractivity contribution in [1.29, 1.82) is 5.26 Å². The number of amides is 4. The highest BCUT2D eigenvalue weighted by molar-refractivity contribution is 6.31. The van der Waals surface area contributed by atoms with E-state index in [4.69, 9.17) is 44.0 Å². The Kier molecular flexibility index (Phi) is 22.2. The minimum Gasteiger partial charge on any atom is -0.484 e. The van der Waals surface area contributed by atoms with E-state index in [9.17, 15) is 24.4 Å². The van der Waals surface area contributed by atoms with Crippen LogP contribution in [0, 0.1) is 17.9 Å². The van der Waals surface area contributed by atoms with Crippen LogP contribution in [0.3, 0.4) is 0 Å². The minimum atomic E-state index is -0.244. The number of fused-ring (bicyclic) bond motifs is 4. The third-order valence-electron chi connectivity index (χ3n) is 18.4. The van der Waals surface area contributed by atoms with Crippen LogP contribution in [0.2, 0.25) is 10.0 Å². The van der Waals surface area contributed by atoms with E-state index in [1.165, 1.54) is 24.0 Å². The summed E-state index contributed by atoms with van der Waals surface area (Å²) < 4.78 is 19.4. The number of urea groups is 2. The predicted octanol–water partition coefficient (Wildman–Crippen LogP) is 13.1. The van der Waals surface area contributed by atoms with E-state index < -0.39 is 0 Å². The molecule has 2 N–H and O–H groups in total. The molecule has 10 rings (SSSR count). The van der Waals surface area contributed by atoms with Gasteiger partial charge in [-0.2, -0.15) is 5.26 Å². The molecule has 4 heterocycles. The second kappa shape index (κ2) is 30.4. The van der Waals surface area contributed by atoms with E-state index in [1.807, 2.05) is 34.1 Å². The fourth-order valence-electron chi connectivity index (χ4n) is 13.7. The summed E-state index contributed by atoms with van der Waals surface area (Å²) in [6.07, 6.45) is 17.9. The molecule has 0 spiro atoms. The molecule has 0 aromatic heterocycles. The summed E-state index contributed by atoms with van der Waals surface area (Å²) in [6, 6.07) is 22.4. The molecule has 2 aliphatic carbocycles. The lowest BCUT2D eigenvalue weighted by atomic mass is 9.99. The van der Waals surface area contributed by atoms with Crippen molar-refractivity contribution in [2.45, 2.75) is 179 Å². The number of carbonyl (C=O) groups is 4. The van der Waals surface area contributed by atoms with Gasteiger partial charge < -0.3 is 34.6 Å². The number of hydrogen-bond donors (Lipinski definition) is 2. The third kappa shape index (κ3) is 16.3. The number of likely N-dealkylation sites (tertiary alicyclic amines) is 2. The molecule has 4 aliphatic heterocycles. The van der Waals surface area contributed by atoms with Gasteiger partial charge in [0.1, 0.15) is 35.3 Å². The first-order chi connectivity index (χ1) is 41.5. The average Bonchev–Trinajstić information content (AvgIpc) is 2.42. The summed E-state index contributed by atoms with van der Waals surface area (Å²) in [5.74, 6) is 1.97. The Bertz CT molecular complexity index is 2890. The van der Waals surface area contributed by atoms with E-state index in [-0.39, 0.29) is 47.9 Å². The van der Waals surface area contributed by atoms with E-state index in [0.717, 1.165) is 161 Å². The molecule has 2 fully saturated rings. The number of carbonyl (C=O) groups excluding carboxylic acids is 4. The van der Waals surface area contributed by atoms with Gasteiger partial charge in [0.25, 0.3) is 0 Å². The van der Waals surface area contributed by atoms with Crippen LogP contribution in [0.15, 0.2) is 60.7 Å². The van der Waals surface area contributed by atoms with Gasteiger partial charge in [0, 0.05) is 88.2 Å². The first-order valence-corrected chi connectivity index (χ1v) is 32.4. The van der Waals surface area contributed by atoms with Gasteiger partial charge >= 0.3 is 12.1 Å². The second-order valence-electron chi connectivity index (χ2n) is 24.2. The molecule has 2 saturated heterocycles. The molecule has 0 bridgehead atoms. The fraction of sp³-hybridized carbons (Fsp3) is 0.559. The number of halogens is 2. The molecular weight excluding hydrogens is 1110 g/mol. The van der Waals surface area contributed by atoms with Crippen molar-refractivity contribution in [3.63, 3.8) is 0 Å². The van der Waals surface area contributed by atoms with Gasteiger partial charge in [0.05, 0.1) is 30.3 Å². The number of nitrogens with one attached hydrogen (secondary N) is 2. The van der Waals surface area contributed by atoms with Gasteiger partial charge in [0.2, 0.25) is 0 Å². The van der Waals surface area contributed by atoms with Gasteiger partial charge in [-0.05, 0) is 209 Å². The van der Waals surface area contributed by atoms with Crippen molar-refractivity contribution < 1.29 is 33.4 Å². The Morgan fingerprint density at radius 1 is 0.565 bits per heavy atom. The summed E-state index contributed by atoms with van der Waals surface area (Å²) >= 11 is 13.1. The number of rotatable bonds is 26. The van der Waals surface area contributed by atoms with Crippen LogP contribution < -0.4 is 20.1 Å². The molecule has 4 aromatic carbocycles. The van der Waals surface area contributed by atoms with Gasteiger partial charge in [-0.1, -0.05) is 61.0 Å². The maximum Gasteiger partial charge on any atom is 0.317 e. The van der Waals surface area contributed by atoms with Crippen LogP contribution in [0.1, 0.15) is 178 Å². The number of nitriles is 1. The van der Waals surface area contributed by atoms with Gasteiger partial charge in [-0.25, -0.2) is 14.4 Å². The van der Waals surface area contributed by atoms with Crippen LogP contribution in [0.5, 0.6) is 11.5 Å². The van der Waals surface area contributed by atoms with Crippen LogP contribution in [-0.4, -0.2) is 121 Å². The molecule has 0 saturated carbocycles. The summed E-state index contributed by atoms with van der Waals surface area (Å²) in [5, 5.41) is 17.2. The van der Waals surface area contributed by atoms with Gasteiger partial charge in [-0.3, -0.25) is 19.4 Å². The Labute approximate surface area is 512 Å². The molecule has 6 aliphatic rings. The first-order valence-electron chi connectivity index (χ1n) is 31.7. The van der Waals surface area contributed by atoms with Crippen molar-refractivity contribution >= 4 is 52.5 Å². The second-order valence-corrected chi connectivity index (χ2v) is 25.1. The predicted molar refractivity (Wildman–Crippen MR) is 331 cm³/mol. The normalized spacial score (nSPS) is 20.1. The molecule has 15 nitrogen and oxygen atoms in total. The number of piperidine rings is 2. The van der Waals surface area contributed by atoms with Crippen molar-refractivity contribution in [3.05, 3.63) is 132 Å². The Balaban J connectivity index is 0.539. The zero-order valence-electron chi connectivity index (χ0n) is 49.4. The zero-order chi connectivity index (χ0) is 59.1. The standard InChI is InChI=1S/C68H84Cl2N8O7/c1-72-62-41-53(70)40-61-59(62)43-64(76-30-12-5-13-31-76)66(61)85-57-23-21-48-25-33-78(46-51(48)38-57)68(82)74-27-9-3-7-17-55(80)19-15-35-83-34-14-18-54(79)16-6-2-8-26-73-67(81)77-32-24-47-20-22-56(37-50(47)45-77)84-65-60-39-52(69)36-49(44-71)58(60)42-63(65)75-28-10-4-11-29-75/h20-23,36-41,63-66H,2-19,24-35,42-43,45-46H2,(H,73,81)(H,74,82)/t63-,64-,65-,66-/m0/s1. The number of ether oxygens (including phenoxy) is 3. The van der Waals surface area contributed by atoms with E-state index in [0.29, 0.717) is 112 Å². The number of Topliss-reactive ketones (excluding diaryl/α,β-unsaturated/α-hetero) is 2. The van der Waals surface area contributed by atoms with Crippen LogP contribution in [0.25, 0.3) is 4.85 Å². The number of unbranched alkanes of at least 4 members (excludes halogenated alkanes) is 4. The SMILES string of the molecule is [C-]#[N+]c1cc(Cl)cc2c1C[C@H](N1CCCCC1)[C@H]2Oc1ccc2c(c1)CN(C(=O)NCCCCCC(=O)CCCOCCCC(=O)CCCCCNC(=O)N1CCc3ccc(O[C@H]4c5cc(Cl)cc(C#N)c5C[C@@H]4N4CCCCC4)cc3C1)CC2. The smallest absolute Gasteiger partial charge is 0.317 e. The van der Waals surface area contributed by atoms with Crippen LogP contribution in [-0.2, 0) is 53.1 Å². The molecule has 17 heteroatoms. The lowest BCUT2D eigenvalue weighted by Gasteiger charge is -2.36. The maximum atomic E-state index is 13.3. The summed E-state index contributed by atoms with van der Waals surface area (Å²) in [4.78, 5) is 64.3. The summed E-state index contributed by atoms with van der Waals surface area (Å²) in [7, 11) is 0. The monoisotopic (exact) mass is 1190 g/mol. The maximum absolute atomic E-state index is 13.3. The van der Waals surface area contributed by atoms with E-state index in [1.54, 1.807) is 12.1 Å². The molecule has 4 aromatic rings. The Hall–Kier alpha value is -6.20. The Morgan fingerprint density at radius 2 is 1.04 bits per heavy atom. The van der Waals surface area contributed by atoms with Crippen molar-refractivity contribution in [2.24, 2.45) is 0 Å². The third-order valence-corrected chi connectivity index (χ3v) is 18.8. The molecule has 4 amide bonds. The quantitative estimate of drug-likeness (QED) is 0.0457. The highest BCUT2D eigenvalue weighted by Gasteiger charge is 2.42. The number of hydrogen-bond acceptors (Lipinski definition) is 10. The van der Waals surface area contributed by atoms with Gasteiger partial charge in [0.15, 0.2) is 5.69 Å². The van der Waals surface area contributed by atoms with Crippen molar-refractivity contribution in [2.75, 3.05) is 65.6 Å². The molecule has 0 radical (unpaired) electrons. The van der Waals surface area contributed by atoms with Gasteiger partial charge in [-0.15, -0.1) is 0 Å². The number of ketones is 2. The van der Waals surface area contributed by atoms with E-state index >= 15 is 0 Å². The fourth-order valence-corrected chi connectivity index (χ4v) is 14.2. The lowest BCUT2D eigenvalue weighted by molar-refractivity contribution is -0.120. The topological polar surface area (TPSA) is 161 Å². The van der Waals surface area contributed by atoms with E-state index in [2.05, 4.69) is 55.6 Å².